The monoisotopic (exact) mass is 374 g/mol. The standard InChI is InChI=1S/C18H18N2O3S2/c1-4-25(22,23)14-7-5-6-13(10-14)17(21)20-18-19-15-9-11(2)8-12(3)16(15)24-18/h5-10H,4H2,1-3H3,(H,19,20,21). The molecule has 0 saturated carbocycles. The second-order valence-corrected chi connectivity index (χ2v) is 9.11. The van der Waals surface area contributed by atoms with Gasteiger partial charge >= 0.3 is 0 Å². The van der Waals surface area contributed by atoms with Crippen molar-refractivity contribution in [2.75, 3.05) is 11.1 Å². The van der Waals surface area contributed by atoms with Crippen LogP contribution in [0, 0.1) is 13.8 Å². The number of sulfone groups is 1. The van der Waals surface area contributed by atoms with Crippen molar-refractivity contribution in [1.82, 2.24) is 4.98 Å². The van der Waals surface area contributed by atoms with E-state index >= 15 is 0 Å². The first-order valence-corrected chi connectivity index (χ1v) is 10.3. The van der Waals surface area contributed by atoms with Crippen molar-refractivity contribution in [2.24, 2.45) is 0 Å². The maximum Gasteiger partial charge on any atom is 0.257 e. The number of aryl methyl sites for hydroxylation is 2. The average molecular weight is 374 g/mol. The number of carbonyl (C=O) groups is 1. The van der Waals surface area contributed by atoms with Crippen molar-refractivity contribution in [1.29, 1.82) is 0 Å². The highest BCUT2D eigenvalue weighted by atomic mass is 32.2. The summed E-state index contributed by atoms with van der Waals surface area (Å²) < 4.78 is 25.0. The summed E-state index contributed by atoms with van der Waals surface area (Å²) in [6, 6.07) is 10.1. The zero-order valence-electron chi connectivity index (χ0n) is 14.2. The summed E-state index contributed by atoms with van der Waals surface area (Å²) in [5.74, 6) is -0.379. The van der Waals surface area contributed by atoms with Crippen LogP contribution in [-0.2, 0) is 9.84 Å². The predicted molar refractivity (Wildman–Crippen MR) is 101 cm³/mol. The fraction of sp³-hybridized carbons (Fsp3) is 0.222. The lowest BCUT2D eigenvalue weighted by Crippen LogP contribution is -2.13. The molecule has 2 aromatic carbocycles. The van der Waals surface area contributed by atoms with E-state index < -0.39 is 9.84 Å². The molecule has 1 amide bonds. The molecule has 0 radical (unpaired) electrons. The third-order valence-corrected chi connectivity index (χ3v) is 6.73. The summed E-state index contributed by atoms with van der Waals surface area (Å²) in [6.45, 7) is 5.59. The lowest BCUT2D eigenvalue weighted by atomic mass is 10.1. The smallest absolute Gasteiger partial charge is 0.257 e. The van der Waals surface area contributed by atoms with Gasteiger partial charge in [0.15, 0.2) is 15.0 Å². The van der Waals surface area contributed by atoms with Crippen LogP contribution in [0.15, 0.2) is 41.3 Å². The van der Waals surface area contributed by atoms with E-state index in [-0.39, 0.29) is 16.6 Å². The fourth-order valence-electron chi connectivity index (χ4n) is 2.60. The fourth-order valence-corrected chi connectivity index (χ4v) is 4.43. The maximum absolute atomic E-state index is 12.5. The highest BCUT2D eigenvalue weighted by molar-refractivity contribution is 7.91. The zero-order chi connectivity index (χ0) is 18.2. The minimum atomic E-state index is -3.35. The summed E-state index contributed by atoms with van der Waals surface area (Å²) in [6.07, 6.45) is 0. The Morgan fingerprint density at radius 1 is 1.20 bits per heavy atom. The molecule has 0 atom stereocenters. The highest BCUT2D eigenvalue weighted by Gasteiger charge is 2.16. The number of hydrogen-bond acceptors (Lipinski definition) is 5. The van der Waals surface area contributed by atoms with Crippen LogP contribution in [0.3, 0.4) is 0 Å². The molecule has 0 spiro atoms. The molecule has 0 bridgehead atoms. The Balaban J connectivity index is 1.90. The van der Waals surface area contributed by atoms with Gasteiger partial charge in [0, 0.05) is 5.56 Å². The van der Waals surface area contributed by atoms with Gasteiger partial charge in [0.2, 0.25) is 0 Å². The molecule has 0 aliphatic carbocycles. The van der Waals surface area contributed by atoms with Gasteiger partial charge in [0.05, 0.1) is 20.9 Å². The van der Waals surface area contributed by atoms with Gasteiger partial charge < -0.3 is 0 Å². The molecule has 7 heteroatoms. The van der Waals surface area contributed by atoms with Crippen LogP contribution in [0.4, 0.5) is 5.13 Å². The molecule has 0 aliphatic heterocycles. The molecule has 130 valence electrons. The highest BCUT2D eigenvalue weighted by Crippen LogP contribution is 2.30. The molecule has 1 heterocycles. The molecule has 0 saturated heterocycles. The van der Waals surface area contributed by atoms with Crippen molar-refractivity contribution in [3.63, 3.8) is 0 Å². The number of aromatic nitrogens is 1. The minimum absolute atomic E-state index is 0.00539. The number of rotatable bonds is 4. The molecular weight excluding hydrogens is 356 g/mol. The van der Waals surface area contributed by atoms with Gasteiger partial charge in [-0.2, -0.15) is 0 Å². The third kappa shape index (κ3) is 3.57. The van der Waals surface area contributed by atoms with Gasteiger partial charge in [-0.15, -0.1) is 0 Å². The second-order valence-electron chi connectivity index (χ2n) is 5.83. The van der Waals surface area contributed by atoms with Crippen LogP contribution in [-0.4, -0.2) is 25.1 Å². The van der Waals surface area contributed by atoms with Crippen molar-refractivity contribution >= 4 is 42.4 Å². The molecule has 5 nitrogen and oxygen atoms in total. The quantitative estimate of drug-likeness (QED) is 0.750. The molecule has 3 aromatic rings. The van der Waals surface area contributed by atoms with Crippen LogP contribution in [0.1, 0.15) is 28.4 Å². The number of anilines is 1. The SMILES string of the molecule is CCS(=O)(=O)c1cccc(C(=O)Nc2nc3cc(C)cc(C)c3s2)c1. The van der Waals surface area contributed by atoms with Gasteiger partial charge in [-0.05, 0) is 49.2 Å². The van der Waals surface area contributed by atoms with Gasteiger partial charge in [0.25, 0.3) is 5.91 Å². The lowest BCUT2D eigenvalue weighted by Gasteiger charge is -2.05. The molecule has 1 N–H and O–H groups in total. The van der Waals surface area contributed by atoms with Gasteiger partial charge in [-0.25, -0.2) is 13.4 Å². The lowest BCUT2D eigenvalue weighted by molar-refractivity contribution is 0.102. The van der Waals surface area contributed by atoms with E-state index in [2.05, 4.69) is 16.4 Å². The Morgan fingerprint density at radius 2 is 1.96 bits per heavy atom. The summed E-state index contributed by atoms with van der Waals surface area (Å²) in [4.78, 5) is 17.1. The molecule has 0 unspecified atom stereocenters. The van der Waals surface area contributed by atoms with Crippen molar-refractivity contribution in [2.45, 2.75) is 25.7 Å². The number of fused-ring (bicyclic) bond motifs is 1. The Labute approximate surface area is 150 Å². The van der Waals surface area contributed by atoms with E-state index in [0.717, 1.165) is 21.3 Å². The first kappa shape index (κ1) is 17.6. The van der Waals surface area contributed by atoms with E-state index in [1.165, 1.54) is 23.5 Å². The van der Waals surface area contributed by atoms with E-state index in [1.54, 1.807) is 19.1 Å². The van der Waals surface area contributed by atoms with Gasteiger partial charge in [-0.1, -0.05) is 30.4 Å². The largest absolute Gasteiger partial charge is 0.298 e. The van der Waals surface area contributed by atoms with E-state index in [1.807, 2.05) is 19.9 Å². The van der Waals surface area contributed by atoms with Crippen molar-refractivity contribution < 1.29 is 13.2 Å². The van der Waals surface area contributed by atoms with Crippen LogP contribution in [0.25, 0.3) is 10.2 Å². The number of benzene rings is 2. The van der Waals surface area contributed by atoms with Crippen LogP contribution in [0.2, 0.25) is 0 Å². The van der Waals surface area contributed by atoms with E-state index in [0.29, 0.717) is 10.7 Å². The Bertz CT molecular complexity index is 1070. The van der Waals surface area contributed by atoms with Crippen LogP contribution in [0.5, 0.6) is 0 Å². The maximum atomic E-state index is 12.5. The number of nitrogens with zero attached hydrogens (tertiary/aromatic N) is 1. The Morgan fingerprint density at radius 3 is 2.68 bits per heavy atom. The Kier molecular flexibility index (Phi) is 4.62. The molecule has 0 aliphatic rings. The minimum Gasteiger partial charge on any atom is -0.298 e. The van der Waals surface area contributed by atoms with Crippen LogP contribution < -0.4 is 5.32 Å². The first-order chi connectivity index (χ1) is 11.8. The third-order valence-electron chi connectivity index (χ3n) is 3.88. The van der Waals surface area contributed by atoms with Crippen molar-refractivity contribution in [3.8, 4) is 0 Å². The molecule has 1 aromatic heterocycles. The van der Waals surface area contributed by atoms with E-state index in [4.69, 9.17) is 0 Å². The van der Waals surface area contributed by atoms with Gasteiger partial charge in [-0.3, -0.25) is 10.1 Å². The molecular formula is C18H18N2O3S2. The summed E-state index contributed by atoms with van der Waals surface area (Å²) in [7, 11) is -3.35. The molecule has 3 rings (SSSR count). The second kappa shape index (κ2) is 6.57. The normalized spacial score (nSPS) is 11.6. The summed E-state index contributed by atoms with van der Waals surface area (Å²) in [5, 5.41) is 3.26. The summed E-state index contributed by atoms with van der Waals surface area (Å²) in [5.41, 5.74) is 3.37. The van der Waals surface area contributed by atoms with Crippen LogP contribution >= 0.6 is 11.3 Å². The number of nitrogens with one attached hydrogen (secondary N) is 1. The number of hydrogen-bond donors (Lipinski definition) is 1. The zero-order valence-corrected chi connectivity index (χ0v) is 15.8. The topological polar surface area (TPSA) is 76.1 Å². The summed E-state index contributed by atoms with van der Waals surface area (Å²) >= 11 is 1.41. The Hall–Kier alpha value is -2.25. The van der Waals surface area contributed by atoms with E-state index in [9.17, 15) is 13.2 Å². The number of thiazole rings is 1. The van der Waals surface area contributed by atoms with Gasteiger partial charge in [0.1, 0.15) is 0 Å². The number of amides is 1. The predicted octanol–water partition coefficient (Wildman–Crippen LogP) is 3.96. The molecule has 0 fully saturated rings. The number of carbonyl (C=O) groups excluding carboxylic acids is 1. The molecule has 25 heavy (non-hydrogen) atoms. The average Bonchev–Trinajstić information content (AvgIpc) is 2.97. The first-order valence-electron chi connectivity index (χ1n) is 7.82. The van der Waals surface area contributed by atoms with Crippen molar-refractivity contribution in [3.05, 3.63) is 53.1 Å².